The van der Waals surface area contributed by atoms with E-state index in [1.54, 1.807) is 12.1 Å². The summed E-state index contributed by atoms with van der Waals surface area (Å²) in [7, 11) is 0. The molecule has 0 fully saturated rings. The summed E-state index contributed by atoms with van der Waals surface area (Å²) in [4.78, 5) is 10.5. The summed E-state index contributed by atoms with van der Waals surface area (Å²) in [6.07, 6.45) is 0. The third-order valence-electron chi connectivity index (χ3n) is 2.98. The second-order valence-corrected chi connectivity index (χ2v) is 6.43. The van der Waals surface area contributed by atoms with Crippen LogP contribution in [0, 0.1) is 21.4 Å². The molecule has 1 aromatic rings. The minimum Gasteiger partial charge on any atom is -0.485 e. The SMILES string of the molecule is CC(C)(C)C(CBr)COc1c(Cl)cccc1[N+](=O)[O-]. The Kier molecular flexibility index (Phi) is 5.62. The van der Waals surface area contributed by atoms with Gasteiger partial charge in [-0.1, -0.05) is 54.4 Å². The van der Waals surface area contributed by atoms with Crippen LogP contribution in [0.3, 0.4) is 0 Å². The topological polar surface area (TPSA) is 52.4 Å². The molecule has 6 heteroatoms. The van der Waals surface area contributed by atoms with E-state index in [4.69, 9.17) is 16.3 Å². The molecule has 19 heavy (non-hydrogen) atoms. The summed E-state index contributed by atoms with van der Waals surface area (Å²) >= 11 is 9.42. The Labute approximate surface area is 126 Å². The highest BCUT2D eigenvalue weighted by molar-refractivity contribution is 9.09. The molecule has 0 bridgehead atoms. The molecule has 0 aliphatic rings. The predicted octanol–water partition coefficient (Wildman–Crippen LogP) is 4.68. The minimum absolute atomic E-state index is 0.0412. The highest BCUT2D eigenvalue weighted by atomic mass is 79.9. The molecule has 0 saturated carbocycles. The molecule has 1 atom stereocenters. The molecule has 106 valence electrons. The van der Waals surface area contributed by atoms with Crippen molar-refractivity contribution in [3.63, 3.8) is 0 Å². The standard InChI is InChI=1S/C13H17BrClNO3/c1-13(2,3)9(7-14)8-19-12-10(15)5-4-6-11(12)16(17)18/h4-6,9H,7-8H2,1-3H3. The summed E-state index contributed by atoms with van der Waals surface area (Å²) in [6, 6.07) is 4.52. The molecule has 0 N–H and O–H groups in total. The Hall–Kier alpha value is -0.810. The number of nitrogens with zero attached hydrogens (tertiary/aromatic N) is 1. The molecule has 0 spiro atoms. The molecule has 0 aliphatic heterocycles. The van der Waals surface area contributed by atoms with Crippen molar-refractivity contribution in [2.24, 2.45) is 11.3 Å². The van der Waals surface area contributed by atoms with E-state index in [9.17, 15) is 10.1 Å². The molecule has 0 amide bonds. The van der Waals surface area contributed by atoms with Gasteiger partial charge in [0.15, 0.2) is 0 Å². The van der Waals surface area contributed by atoms with Gasteiger partial charge in [-0.05, 0) is 11.5 Å². The molecule has 0 radical (unpaired) electrons. The van der Waals surface area contributed by atoms with Crippen LogP contribution in [-0.4, -0.2) is 16.9 Å². The van der Waals surface area contributed by atoms with E-state index in [0.717, 1.165) is 5.33 Å². The lowest BCUT2D eigenvalue weighted by atomic mass is 9.83. The van der Waals surface area contributed by atoms with Crippen molar-refractivity contribution in [1.82, 2.24) is 0 Å². The van der Waals surface area contributed by atoms with E-state index in [1.165, 1.54) is 6.07 Å². The minimum atomic E-state index is -0.485. The monoisotopic (exact) mass is 349 g/mol. The number of alkyl halides is 1. The van der Waals surface area contributed by atoms with Crippen LogP contribution in [0.5, 0.6) is 5.75 Å². The first-order chi connectivity index (χ1) is 8.77. The number of benzene rings is 1. The van der Waals surface area contributed by atoms with Crippen LogP contribution in [0.15, 0.2) is 18.2 Å². The Morgan fingerprint density at radius 3 is 2.58 bits per heavy atom. The summed E-state index contributed by atoms with van der Waals surface area (Å²) in [5.41, 5.74) is -0.0609. The van der Waals surface area contributed by atoms with Crippen LogP contribution in [0.25, 0.3) is 0 Å². The van der Waals surface area contributed by atoms with Crippen LogP contribution in [0.4, 0.5) is 5.69 Å². The fraction of sp³-hybridized carbons (Fsp3) is 0.538. The van der Waals surface area contributed by atoms with Crippen LogP contribution in [0.2, 0.25) is 5.02 Å². The van der Waals surface area contributed by atoms with Crippen molar-refractivity contribution < 1.29 is 9.66 Å². The van der Waals surface area contributed by atoms with Gasteiger partial charge in [-0.15, -0.1) is 0 Å². The average Bonchev–Trinajstić information content (AvgIpc) is 2.29. The van der Waals surface area contributed by atoms with Crippen molar-refractivity contribution in [3.8, 4) is 5.75 Å². The van der Waals surface area contributed by atoms with Crippen molar-refractivity contribution in [3.05, 3.63) is 33.3 Å². The number of para-hydroxylation sites is 1. The van der Waals surface area contributed by atoms with Gasteiger partial charge in [0.05, 0.1) is 16.6 Å². The van der Waals surface area contributed by atoms with Crippen LogP contribution >= 0.6 is 27.5 Å². The first-order valence-corrected chi connectivity index (χ1v) is 7.39. The van der Waals surface area contributed by atoms with Gasteiger partial charge in [0.2, 0.25) is 5.75 Å². The number of hydrogen-bond donors (Lipinski definition) is 0. The van der Waals surface area contributed by atoms with Gasteiger partial charge >= 0.3 is 5.69 Å². The number of hydrogen-bond acceptors (Lipinski definition) is 3. The third-order valence-corrected chi connectivity index (χ3v) is 4.06. The molecule has 0 heterocycles. The molecule has 4 nitrogen and oxygen atoms in total. The lowest BCUT2D eigenvalue weighted by Crippen LogP contribution is -2.28. The smallest absolute Gasteiger partial charge is 0.312 e. The van der Waals surface area contributed by atoms with Gasteiger partial charge in [-0.3, -0.25) is 10.1 Å². The molecular weight excluding hydrogens is 334 g/mol. The zero-order valence-electron chi connectivity index (χ0n) is 11.2. The van der Waals surface area contributed by atoms with Gasteiger partial charge in [-0.2, -0.15) is 0 Å². The van der Waals surface area contributed by atoms with Crippen molar-refractivity contribution in [2.45, 2.75) is 20.8 Å². The maximum atomic E-state index is 10.9. The predicted molar refractivity (Wildman–Crippen MR) is 80.3 cm³/mol. The normalized spacial score (nSPS) is 13.1. The lowest BCUT2D eigenvalue weighted by Gasteiger charge is -2.29. The number of nitro benzene ring substituents is 1. The maximum absolute atomic E-state index is 10.9. The van der Waals surface area contributed by atoms with Crippen LogP contribution in [0.1, 0.15) is 20.8 Å². The zero-order valence-corrected chi connectivity index (χ0v) is 13.5. The quantitative estimate of drug-likeness (QED) is 0.440. The summed E-state index contributed by atoms with van der Waals surface area (Å²) < 4.78 is 5.61. The van der Waals surface area contributed by atoms with E-state index in [2.05, 4.69) is 36.7 Å². The Balaban J connectivity index is 2.91. The molecule has 0 aromatic heterocycles. The molecule has 0 aliphatic carbocycles. The third kappa shape index (κ3) is 4.35. The summed E-state index contributed by atoms with van der Waals surface area (Å²) in [5.74, 6) is 0.368. The highest BCUT2D eigenvalue weighted by Gasteiger charge is 2.26. The molecule has 1 rings (SSSR count). The first kappa shape index (κ1) is 16.2. The number of rotatable bonds is 5. The summed E-state index contributed by atoms with van der Waals surface area (Å²) in [6.45, 7) is 6.68. The molecule has 0 saturated heterocycles. The number of ether oxygens (including phenoxy) is 1. The molecule has 1 unspecified atom stereocenters. The summed E-state index contributed by atoms with van der Waals surface area (Å²) in [5, 5.41) is 12.0. The van der Waals surface area contributed by atoms with Crippen LogP contribution < -0.4 is 4.74 Å². The van der Waals surface area contributed by atoms with E-state index in [0.29, 0.717) is 6.61 Å². The Morgan fingerprint density at radius 1 is 1.47 bits per heavy atom. The molecule has 1 aromatic carbocycles. The fourth-order valence-corrected chi connectivity index (χ4v) is 2.88. The van der Waals surface area contributed by atoms with Gasteiger partial charge in [0.1, 0.15) is 0 Å². The van der Waals surface area contributed by atoms with E-state index >= 15 is 0 Å². The van der Waals surface area contributed by atoms with Crippen molar-refractivity contribution in [1.29, 1.82) is 0 Å². The Bertz CT molecular complexity index is 460. The first-order valence-electron chi connectivity index (χ1n) is 5.89. The Morgan fingerprint density at radius 2 is 2.11 bits per heavy atom. The van der Waals surface area contributed by atoms with Crippen LogP contribution in [-0.2, 0) is 0 Å². The number of nitro groups is 1. The van der Waals surface area contributed by atoms with E-state index < -0.39 is 4.92 Å². The maximum Gasteiger partial charge on any atom is 0.312 e. The fourth-order valence-electron chi connectivity index (χ4n) is 1.49. The second-order valence-electron chi connectivity index (χ2n) is 5.37. The van der Waals surface area contributed by atoms with Gasteiger partial charge in [0, 0.05) is 17.3 Å². The van der Waals surface area contributed by atoms with E-state index in [1.807, 2.05) is 0 Å². The van der Waals surface area contributed by atoms with Gasteiger partial charge in [0.25, 0.3) is 0 Å². The van der Waals surface area contributed by atoms with Gasteiger partial charge in [-0.25, -0.2) is 0 Å². The van der Waals surface area contributed by atoms with Gasteiger partial charge < -0.3 is 4.74 Å². The molecular formula is C13H17BrClNO3. The highest BCUT2D eigenvalue weighted by Crippen LogP contribution is 2.36. The zero-order chi connectivity index (χ0) is 14.6. The average molecular weight is 351 g/mol. The van der Waals surface area contributed by atoms with Crippen molar-refractivity contribution >= 4 is 33.2 Å². The van der Waals surface area contributed by atoms with E-state index in [-0.39, 0.29) is 27.8 Å². The number of halogens is 2. The largest absolute Gasteiger partial charge is 0.485 e. The lowest BCUT2D eigenvalue weighted by molar-refractivity contribution is -0.385. The second kappa shape index (κ2) is 6.57. The van der Waals surface area contributed by atoms with Crippen molar-refractivity contribution in [2.75, 3.05) is 11.9 Å².